The predicted molar refractivity (Wildman–Crippen MR) is 99.8 cm³/mol. The SMILES string of the molecule is CCOc1ccccc1C(=O)N1CC(c2nc(Cc3ccccc3)no2)C1. The summed E-state index contributed by atoms with van der Waals surface area (Å²) in [4.78, 5) is 19.0. The van der Waals surface area contributed by atoms with E-state index >= 15 is 0 Å². The van der Waals surface area contributed by atoms with Gasteiger partial charge < -0.3 is 14.2 Å². The van der Waals surface area contributed by atoms with E-state index < -0.39 is 0 Å². The van der Waals surface area contributed by atoms with E-state index in [2.05, 4.69) is 10.1 Å². The van der Waals surface area contributed by atoms with Gasteiger partial charge >= 0.3 is 0 Å². The fourth-order valence-electron chi connectivity index (χ4n) is 3.18. The fraction of sp³-hybridized carbons (Fsp3) is 0.286. The molecular formula is C21H21N3O3. The lowest BCUT2D eigenvalue weighted by Crippen LogP contribution is -2.48. The van der Waals surface area contributed by atoms with E-state index in [1.54, 1.807) is 11.0 Å². The van der Waals surface area contributed by atoms with Gasteiger partial charge in [0.1, 0.15) is 5.75 Å². The van der Waals surface area contributed by atoms with Crippen LogP contribution < -0.4 is 4.74 Å². The number of ether oxygens (including phenoxy) is 1. The molecule has 4 rings (SSSR count). The molecule has 1 amide bonds. The van der Waals surface area contributed by atoms with Crippen molar-refractivity contribution in [2.24, 2.45) is 0 Å². The number of amides is 1. The van der Waals surface area contributed by atoms with Crippen molar-refractivity contribution in [3.63, 3.8) is 0 Å². The van der Waals surface area contributed by atoms with Crippen molar-refractivity contribution in [3.8, 4) is 5.75 Å². The van der Waals surface area contributed by atoms with Crippen molar-refractivity contribution >= 4 is 5.91 Å². The number of hydrogen-bond acceptors (Lipinski definition) is 5. The maximum Gasteiger partial charge on any atom is 0.257 e. The zero-order valence-electron chi connectivity index (χ0n) is 15.2. The Balaban J connectivity index is 1.38. The summed E-state index contributed by atoms with van der Waals surface area (Å²) in [6.07, 6.45) is 0.640. The number of rotatable bonds is 6. The van der Waals surface area contributed by atoms with E-state index in [0.29, 0.717) is 49.1 Å². The van der Waals surface area contributed by atoms with Crippen molar-refractivity contribution in [2.45, 2.75) is 19.3 Å². The fourth-order valence-corrected chi connectivity index (χ4v) is 3.18. The maximum atomic E-state index is 12.7. The standard InChI is InChI=1S/C21H21N3O3/c1-2-26-18-11-7-6-10-17(18)21(25)24-13-16(14-24)20-22-19(23-27-20)12-15-8-4-3-5-9-15/h3-11,16H,2,12-14H2,1H3. The van der Waals surface area contributed by atoms with Crippen LogP contribution in [0.2, 0.25) is 0 Å². The molecule has 138 valence electrons. The van der Waals surface area contributed by atoms with Crippen LogP contribution in [0.25, 0.3) is 0 Å². The van der Waals surface area contributed by atoms with Gasteiger partial charge in [-0.1, -0.05) is 47.6 Å². The normalized spacial score (nSPS) is 14.0. The van der Waals surface area contributed by atoms with E-state index in [0.717, 1.165) is 5.56 Å². The first-order valence-corrected chi connectivity index (χ1v) is 9.12. The van der Waals surface area contributed by atoms with E-state index in [1.807, 2.05) is 55.5 Å². The zero-order valence-corrected chi connectivity index (χ0v) is 15.2. The van der Waals surface area contributed by atoms with Gasteiger partial charge in [0.15, 0.2) is 5.82 Å². The summed E-state index contributed by atoms with van der Waals surface area (Å²) in [5.74, 6) is 1.95. The molecule has 2 aromatic carbocycles. The van der Waals surface area contributed by atoms with Gasteiger partial charge in [-0.15, -0.1) is 0 Å². The number of carbonyl (C=O) groups excluding carboxylic acids is 1. The van der Waals surface area contributed by atoms with E-state index in [9.17, 15) is 4.79 Å². The lowest BCUT2D eigenvalue weighted by molar-refractivity contribution is 0.0565. The number of para-hydroxylation sites is 1. The number of aromatic nitrogens is 2. The van der Waals surface area contributed by atoms with Crippen molar-refractivity contribution in [1.82, 2.24) is 15.0 Å². The minimum absolute atomic E-state index is 0.0284. The topological polar surface area (TPSA) is 68.5 Å². The second-order valence-electron chi connectivity index (χ2n) is 6.55. The molecule has 0 saturated carbocycles. The molecule has 1 saturated heterocycles. The zero-order chi connectivity index (χ0) is 18.6. The molecule has 6 heteroatoms. The van der Waals surface area contributed by atoms with E-state index in [-0.39, 0.29) is 11.8 Å². The number of nitrogens with zero attached hydrogens (tertiary/aromatic N) is 3. The summed E-state index contributed by atoms with van der Waals surface area (Å²) in [6, 6.07) is 17.4. The first-order chi connectivity index (χ1) is 13.2. The second-order valence-corrected chi connectivity index (χ2v) is 6.55. The third-order valence-corrected chi connectivity index (χ3v) is 4.62. The van der Waals surface area contributed by atoms with E-state index in [4.69, 9.17) is 9.26 Å². The van der Waals surface area contributed by atoms with Gasteiger partial charge in [-0.05, 0) is 24.6 Å². The number of likely N-dealkylation sites (tertiary alicyclic amines) is 1. The highest BCUT2D eigenvalue weighted by molar-refractivity contribution is 5.97. The maximum absolute atomic E-state index is 12.7. The Hall–Kier alpha value is -3.15. The lowest BCUT2D eigenvalue weighted by Gasteiger charge is -2.37. The molecule has 1 aromatic heterocycles. The Bertz CT molecular complexity index is 917. The molecule has 2 heterocycles. The van der Waals surface area contributed by atoms with Gasteiger partial charge in [0.05, 0.1) is 18.1 Å². The third-order valence-electron chi connectivity index (χ3n) is 4.62. The van der Waals surface area contributed by atoms with Crippen LogP contribution in [0.3, 0.4) is 0 Å². The average Bonchev–Trinajstić information content (AvgIpc) is 3.10. The highest BCUT2D eigenvalue weighted by atomic mass is 16.5. The van der Waals surface area contributed by atoms with Gasteiger partial charge in [-0.2, -0.15) is 4.98 Å². The molecular weight excluding hydrogens is 342 g/mol. The van der Waals surface area contributed by atoms with Crippen LogP contribution in [-0.4, -0.2) is 40.6 Å². The first kappa shape index (κ1) is 17.3. The molecule has 0 aliphatic carbocycles. The van der Waals surface area contributed by atoms with Crippen LogP contribution in [0.15, 0.2) is 59.1 Å². The first-order valence-electron chi connectivity index (χ1n) is 9.12. The van der Waals surface area contributed by atoms with Gasteiger partial charge in [0.25, 0.3) is 5.91 Å². The highest BCUT2D eigenvalue weighted by Gasteiger charge is 2.36. The molecule has 0 spiro atoms. The van der Waals surface area contributed by atoms with Crippen molar-refractivity contribution in [1.29, 1.82) is 0 Å². The second kappa shape index (κ2) is 7.61. The summed E-state index contributed by atoms with van der Waals surface area (Å²) >= 11 is 0. The van der Waals surface area contributed by atoms with E-state index in [1.165, 1.54) is 0 Å². The highest BCUT2D eigenvalue weighted by Crippen LogP contribution is 2.29. The lowest BCUT2D eigenvalue weighted by atomic mass is 9.98. The summed E-state index contributed by atoms with van der Waals surface area (Å²) in [5.41, 5.74) is 1.73. The molecule has 0 unspecified atom stereocenters. The Kier molecular flexibility index (Phi) is 4.87. The molecule has 3 aromatic rings. The molecule has 27 heavy (non-hydrogen) atoms. The van der Waals surface area contributed by atoms with Crippen LogP contribution in [-0.2, 0) is 6.42 Å². The molecule has 1 aliphatic heterocycles. The summed E-state index contributed by atoms with van der Waals surface area (Å²) < 4.78 is 11.0. The molecule has 0 bridgehead atoms. The summed E-state index contributed by atoms with van der Waals surface area (Å²) in [6.45, 7) is 3.58. The Morgan fingerprint density at radius 1 is 1.15 bits per heavy atom. The third kappa shape index (κ3) is 3.69. The molecule has 0 radical (unpaired) electrons. The van der Waals surface area contributed by atoms with Crippen LogP contribution in [0, 0.1) is 0 Å². The van der Waals surface area contributed by atoms with Crippen LogP contribution >= 0.6 is 0 Å². The number of benzene rings is 2. The van der Waals surface area contributed by atoms with Crippen molar-refractivity contribution in [2.75, 3.05) is 19.7 Å². The monoisotopic (exact) mass is 363 g/mol. The largest absolute Gasteiger partial charge is 0.493 e. The average molecular weight is 363 g/mol. The van der Waals surface area contributed by atoms with Gasteiger partial charge in [0.2, 0.25) is 5.89 Å². The van der Waals surface area contributed by atoms with Crippen molar-refractivity contribution < 1.29 is 14.1 Å². The molecule has 1 fully saturated rings. The summed E-state index contributed by atoms with van der Waals surface area (Å²) in [5, 5.41) is 4.07. The molecule has 6 nitrogen and oxygen atoms in total. The molecule has 0 atom stereocenters. The Morgan fingerprint density at radius 2 is 1.89 bits per heavy atom. The van der Waals surface area contributed by atoms with Gasteiger partial charge in [-0.3, -0.25) is 4.79 Å². The number of hydrogen-bond donors (Lipinski definition) is 0. The molecule has 1 aliphatic rings. The van der Waals surface area contributed by atoms with Crippen LogP contribution in [0.1, 0.15) is 40.5 Å². The van der Waals surface area contributed by atoms with Crippen molar-refractivity contribution in [3.05, 3.63) is 77.4 Å². The quantitative estimate of drug-likeness (QED) is 0.672. The Labute approximate surface area is 157 Å². The predicted octanol–water partition coefficient (Wildman–Crippen LogP) is 3.30. The minimum atomic E-state index is -0.0284. The summed E-state index contributed by atoms with van der Waals surface area (Å²) in [7, 11) is 0. The Morgan fingerprint density at radius 3 is 2.67 bits per heavy atom. The van der Waals surface area contributed by atoms with Gasteiger partial charge in [0, 0.05) is 19.5 Å². The van der Waals surface area contributed by atoms with Crippen LogP contribution in [0.4, 0.5) is 0 Å². The van der Waals surface area contributed by atoms with Crippen LogP contribution in [0.5, 0.6) is 5.75 Å². The van der Waals surface area contributed by atoms with Gasteiger partial charge in [-0.25, -0.2) is 0 Å². The number of carbonyl (C=O) groups is 1. The minimum Gasteiger partial charge on any atom is -0.493 e. The molecule has 0 N–H and O–H groups in total. The smallest absolute Gasteiger partial charge is 0.257 e.